The van der Waals surface area contributed by atoms with Crippen LogP contribution in [-0.2, 0) is 0 Å². The van der Waals surface area contributed by atoms with Crippen molar-refractivity contribution in [2.45, 2.75) is 6.18 Å². The molecule has 0 radical (unpaired) electrons. The molecule has 0 saturated heterocycles. The Hall–Kier alpha value is -1.97. The molecule has 110 valence electrons. The molecule has 1 aromatic carbocycles. The number of hydrogen-bond donors (Lipinski definition) is 3. The number of nitrogens with zero attached hydrogens (tertiary/aromatic N) is 2. The maximum atomic E-state index is 12.2. The van der Waals surface area contributed by atoms with Gasteiger partial charge in [-0.15, -0.1) is 0 Å². The summed E-state index contributed by atoms with van der Waals surface area (Å²) < 4.78 is 41.5. The second-order valence-electron chi connectivity index (χ2n) is 3.50. The molecule has 0 amide bonds. The van der Waals surface area contributed by atoms with E-state index >= 15 is 0 Å². The normalized spacial score (nSPS) is 12.1. The molecule has 0 unspecified atom stereocenters. The second kappa shape index (κ2) is 6.46. The van der Waals surface area contributed by atoms with Gasteiger partial charge in [0, 0.05) is 4.47 Å². The number of aliphatic imine (C=N–C) groups is 2. The highest BCUT2D eigenvalue weighted by molar-refractivity contribution is 9.10. The molecule has 6 N–H and O–H groups in total. The summed E-state index contributed by atoms with van der Waals surface area (Å²) in [6.45, 7) is -1.45. The Labute approximate surface area is 120 Å². The van der Waals surface area contributed by atoms with Crippen molar-refractivity contribution in [3.63, 3.8) is 0 Å². The maximum Gasteiger partial charge on any atom is 0.422 e. The molecule has 0 aliphatic rings. The van der Waals surface area contributed by atoms with E-state index in [1.54, 1.807) is 6.07 Å². The van der Waals surface area contributed by atoms with E-state index in [-0.39, 0.29) is 23.4 Å². The van der Waals surface area contributed by atoms with Gasteiger partial charge in [0.25, 0.3) is 0 Å². The number of alkyl halides is 3. The highest BCUT2D eigenvalue weighted by atomic mass is 79.9. The van der Waals surface area contributed by atoms with Gasteiger partial charge in [-0.3, -0.25) is 0 Å². The Kier molecular flexibility index (Phi) is 5.19. The summed E-state index contributed by atoms with van der Waals surface area (Å²) in [5.41, 5.74) is 15.7. The topological polar surface area (TPSA) is 112 Å². The molecule has 0 atom stereocenters. The summed E-state index contributed by atoms with van der Waals surface area (Å²) in [5.74, 6) is -0.740. The van der Waals surface area contributed by atoms with Gasteiger partial charge >= 0.3 is 6.18 Å². The molecule has 1 aromatic rings. The van der Waals surface area contributed by atoms with Crippen LogP contribution in [0.2, 0.25) is 0 Å². The summed E-state index contributed by atoms with van der Waals surface area (Å²) in [5, 5.41) is 0. The Morgan fingerprint density at radius 3 is 2.45 bits per heavy atom. The van der Waals surface area contributed by atoms with Gasteiger partial charge in [-0.25, -0.2) is 4.99 Å². The Balaban J connectivity index is 3.09. The predicted molar refractivity (Wildman–Crippen MR) is 72.8 cm³/mol. The fourth-order valence-corrected chi connectivity index (χ4v) is 1.59. The van der Waals surface area contributed by atoms with Crippen molar-refractivity contribution in [2.24, 2.45) is 27.2 Å². The minimum atomic E-state index is -4.46. The van der Waals surface area contributed by atoms with Crippen LogP contribution < -0.4 is 21.9 Å². The summed E-state index contributed by atoms with van der Waals surface area (Å²) in [7, 11) is 0. The number of para-hydroxylation sites is 1. The third-order valence-electron chi connectivity index (χ3n) is 1.81. The molecule has 0 aromatic heterocycles. The first-order chi connectivity index (χ1) is 9.19. The molecular formula is C10H11BrF3N5O. The van der Waals surface area contributed by atoms with Crippen molar-refractivity contribution in [3.8, 4) is 5.75 Å². The summed E-state index contributed by atoms with van der Waals surface area (Å²) in [4.78, 5) is 7.27. The highest BCUT2D eigenvalue weighted by Crippen LogP contribution is 2.36. The van der Waals surface area contributed by atoms with Crippen molar-refractivity contribution in [3.05, 3.63) is 22.7 Å². The van der Waals surface area contributed by atoms with Crippen molar-refractivity contribution in [2.75, 3.05) is 6.61 Å². The lowest BCUT2D eigenvalue weighted by molar-refractivity contribution is -0.153. The van der Waals surface area contributed by atoms with E-state index in [4.69, 9.17) is 17.2 Å². The zero-order chi connectivity index (χ0) is 15.3. The van der Waals surface area contributed by atoms with Crippen molar-refractivity contribution in [1.29, 1.82) is 0 Å². The van der Waals surface area contributed by atoms with Crippen LogP contribution in [0.25, 0.3) is 0 Å². The monoisotopic (exact) mass is 353 g/mol. The first kappa shape index (κ1) is 16.1. The lowest BCUT2D eigenvalue weighted by Gasteiger charge is -2.12. The highest BCUT2D eigenvalue weighted by Gasteiger charge is 2.29. The molecule has 1 rings (SSSR count). The lowest BCUT2D eigenvalue weighted by atomic mass is 10.3. The average molecular weight is 354 g/mol. The third-order valence-corrected chi connectivity index (χ3v) is 2.45. The predicted octanol–water partition coefficient (Wildman–Crippen LogP) is 1.61. The number of nitrogens with two attached hydrogens (primary N) is 3. The van der Waals surface area contributed by atoms with Gasteiger partial charge in [0.15, 0.2) is 12.6 Å². The van der Waals surface area contributed by atoms with E-state index in [1.807, 2.05) is 0 Å². The van der Waals surface area contributed by atoms with E-state index in [0.717, 1.165) is 0 Å². The second-order valence-corrected chi connectivity index (χ2v) is 4.35. The first-order valence-electron chi connectivity index (χ1n) is 5.11. The van der Waals surface area contributed by atoms with E-state index in [2.05, 4.69) is 30.7 Å². The minimum Gasteiger partial charge on any atom is -0.482 e. The molecular weight excluding hydrogens is 343 g/mol. The molecule has 6 nitrogen and oxygen atoms in total. The first-order valence-corrected chi connectivity index (χ1v) is 5.90. The number of hydrogen-bond acceptors (Lipinski definition) is 2. The Morgan fingerprint density at radius 1 is 1.25 bits per heavy atom. The van der Waals surface area contributed by atoms with Crippen LogP contribution in [0.15, 0.2) is 32.7 Å². The molecule has 0 fully saturated rings. The third kappa shape index (κ3) is 5.34. The SMILES string of the molecule is NC(N)=NC(N)=Nc1c(Br)cccc1OCC(F)(F)F. The molecule has 0 aliphatic carbocycles. The molecule has 0 bridgehead atoms. The maximum absolute atomic E-state index is 12.2. The molecule has 0 saturated carbocycles. The van der Waals surface area contributed by atoms with Crippen molar-refractivity contribution in [1.82, 2.24) is 0 Å². The summed E-state index contributed by atoms with van der Waals surface area (Å²) in [6, 6.07) is 4.37. The minimum absolute atomic E-state index is 0.0549. The van der Waals surface area contributed by atoms with Crippen LogP contribution in [0.5, 0.6) is 5.75 Å². The van der Waals surface area contributed by atoms with E-state index in [1.165, 1.54) is 12.1 Å². The van der Waals surface area contributed by atoms with Gasteiger partial charge in [0.1, 0.15) is 11.4 Å². The van der Waals surface area contributed by atoms with Gasteiger partial charge in [-0.2, -0.15) is 18.2 Å². The summed E-state index contributed by atoms with van der Waals surface area (Å²) in [6.07, 6.45) is -4.46. The van der Waals surface area contributed by atoms with E-state index in [0.29, 0.717) is 4.47 Å². The molecule has 10 heteroatoms. The van der Waals surface area contributed by atoms with E-state index < -0.39 is 12.8 Å². The van der Waals surface area contributed by atoms with Crippen LogP contribution in [0.4, 0.5) is 18.9 Å². The smallest absolute Gasteiger partial charge is 0.422 e. The Bertz CT molecular complexity index is 540. The van der Waals surface area contributed by atoms with Crippen molar-refractivity contribution < 1.29 is 17.9 Å². The summed E-state index contributed by atoms with van der Waals surface area (Å²) >= 11 is 3.13. The van der Waals surface area contributed by atoms with Gasteiger partial charge in [-0.1, -0.05) is 6.07 Å². The number of benzene rings is 1. The van der Waals surface area contributed by atoms with Crippen LogP contribution >= 0.6 is 15.9 Å². The van der Waals surface area contributed by atoms with Gasteiger partial charge in [0.05, 0.1) is 0 Å². The lowest BCUT2D eigenvalue weighted by Crippen LogP contribution is -2.26. The Morgan fingerprint density at radius 2 is 1.90 bits per heavy atom. The fourth-order valence-electron chi connectivity index (χ4n) is 1.15. The van der Waals surface area contributed by atoms with Gasteiger partial charge in [-0.05, 0) is 28.1 Å². The standard InChI is InChI=1S/C10H11BrF3N5O/c11-5-2-1-3-6(20-4-10(12,13)14)7(5)18-9(17)19-8(15)16/h1-3H,4H2,(H6,15,16,17,18,19). The number of rotatable bonds is 3. The van der Waals surface area contributed by atoms with Gasteiger partial charge < -0.3 is 21.9 Å². The van der Waals surface area contributed by atoms with Crippen LogP contribution in [0.1, 0.15) is 0 Å². The molecule has 0 spiro atoms. The number of halogens is 4. The average Bonchev–Trinajstić information content (AvgIpc) is 2.28. The van der Waals surface area contributed by atoms with Crippen LogP contribution in [-0.4, -0.2) is 24.7 Å². The quantitative estimate of drug-likeness (QED) is 0.565. The fraction of sp³-hybridized carbons (Fsp3) is 0.200. The molecule has 0 heterocycles. The number of ether oxygens (including phenoxy) is 1. The van der Waals surface area contributed by atoms with Crippen LogP contribution in [0, 0.1) is 0 Å². The largest absolute Gasteiger partial charge is 0.482 e. The number of guanidine groups is 2. The van der Waals surface area contributed by atoms with Crippen LogP contribution in [0.3, 0.4) is 0 Å². The zero-order valence-corrected chi connectivity index (χ0v) is 11.6. The van der Waals surface area contributed by atoms with Gasteiger partial charge in [0.2, 0.25) is 5.96 Å². The molecule has 20 heavy (non-hydrogen) atoms. The molecule has 0 aliphatic heterocycles. The van der Waals surface area contributed by atoms with Crippen molar-refractivity contribution >= 4 is 33.5 Å². The zero-order valence-electron chi connectivity index (χ0n) is 9.99. The van der Waals surface area contributed by atoms with E-state index in [9.17, 15) is 13.2 Å².